The van der Waals surface area contributed by atoms with Crippen molar-refractivity contribution in [3.8, 4) is 0 Å². The second kappa shape index (κ2) is 55.0. The predicted octanol–water partition coefficient (Wildman–Crippen LogP) is 16.9. The van der Waals surface area contributed by atoms with Crippen LogP contribution < -0.4 is 5.32 Å². The number of ether oxygens (including phenoxy) is 2. The minimum absolute atomic E-state index is 0.133. The molecule has 9 heteroatoms. The van der Waals surface area contributed by atoms with E-state index in [1.807, 2.05) is 0 Å². The average Bonchev–Trinajstić information content (AvgIpc) is 3.40. The van der Waals surface area contributed by atoms with Crippen LogP contribution in [-0.2, 0) is 14.3 Å². The van der Waals surface area contributed by atoms with E-state index in [0.717, 1.165) is 44.9 Å². The Hall–Kier alpha value is -1.33. The molecule has 7 unspecified atom stereocenters. The van der Waals surface area contributed by atoms with Crippen LogP contribution in [0.15, 0.2) is 24.3 Å². The second-order valence-electron chi connectivity index (χ2n) is 22.9. The zero-order chi connectivity index (χ0) is 53.6. The molecule has 1 heterocycles. The maximum absolute atomic E-state index is 13.1. The Morgan fingerprint density at radius 2 is 0.797 bits per heavy atom. The summed E-state index contributed by atoms with van der Waals surface area (Å²) in [6.45, 7) is 3.88. The molecular formula is C65H125NO8. The number of carbonyl (C=O) groups excluding carboxylic acids is 1. The lowest BCUT2D eigenvalue weighted by Crippen LogP contribution is -2.60. The first kappa shape index (κ1) is 70.7. The summed E-state index contributed by atoms with van der Waals surface area (Å²) in [6.07, 6.45) is 63.7. The maximum Gasteiger partial charge on any atom is 0.220 e. The molecule has 0 aromatic carbocycles. The molecule has 7 atom stereocenters. The van der Waals surface area contributed by atoms with Crippen molar-refractivity contribution in [1.29, 1.82) is 0 Å². The first-order valence-electron chi connectivity index (χ1n) is 32.5. The molecule has 9 nitrogen and oxygen atoms in total. The van der Waals surface area contributed by atoms with Gasteiger partial charge in [-0.1, -0.05) is 301 Å². The van der Waals surface area contributed by atoms with Gasteiger partial charge in [0.05, 0.1) is 25.4 Å². The maximum atomic E-state index is 13.1. The Bertz CT molecular complexity index is 1210. The minimum Gasteiger partial charge on any atom is -0.394 e. The van der Waals surface area contributed by atoms with Gasteiger partial charge in [0.2, 0.25) is 5.91 Å². The van der Waals surface area contributed by atoms with Gasteiger partial charge in [-0.2, -0.15) is 0 Å². The Labute approximate surface area is 458 Å². The molecule has 0 spiro atoms. The lowest BCUT2D eigenvalue weighted by atomic mass is 9.99. The Morgan fingerprint density at radius 1 is 0.459 bits per heavy atom. The largest absolute Gasteiger partial charge is 0.394 e. The summed E-state index contributed by atoms with van der Waals surface area (Å²) < 4.78 is 11.4. The zero-order valence-corrected chi connectivity index (χ0v) is 48.9. The highest BCUT2D eigenvalue weighted by Crippen LogP contribution is 2.24. The van der Waals surface area contributed by atoms with E-state index in [4.69, 9.17) is 9.47 Å². The molecule has 1 aliphatic rings. The molecular weight excluding hydrogens is 923 g/mol. The van der Waals surface area contributed by atoms with E-state index < -0.39 is 49.5 Å². The van der Waals surface area contributed by atoms with Crippen LogP contribution in [0.2, 0.25) is 0 Å². The summed E-state index contributed by atoms with van der Waals surface area (Å²) in [5.41, 5.74) is 0. The number of aliphatic hydroxyl groups excluding tert-OH is 5. The summed E-state index contributed by atoms with van der Waals surface area (Å²) in [4.78, 5) is 13.1. The van der Waals surface area contributed by atoms with E-state index in [9.17, 15) is 30.3 Å². The van der Waals surface area contributed by atoms with Gasteiger partial charge in [0, 0.05) is 6.42 Å². The Kier molecular flexibility index (Phi) is 52.5. The highest BCUT2D eigenvalue weighted by atomic mass is 16.7. The second-order valence-corrected chi connectivity index (χ2v) is 22.9. The molecule has 438 valence electrons. The summed E-state index contributed by atoms with van der Waals surface area (Å²) in [6, 6.07) is -0.718. The van der Waals surface area contributed by atoms with E-state index >= 15 is 0 Å². The van der Waals surface area contributed by atoms with Gasteiger partial charge in [-0.25, -0.2) is 0 Å². The molecule has 0 aromatic rings. The molecule has 1 aliphatic heterocycles. The first-order chi connectivity index (χ1) is 36.3. The van der Waals surface area contributed by atoms with Gasteiger partial charge in [0.1, 0.15) is 24.4 Å². The average molecular weight is 1050 g/mol. The monoisotopic (exact) mass is 1050 g/mol. The van der Waals surface area contributed by atoms with Gasteiger partial charge in [-0.3, -0.25) is 4.79 Å². The van der Waals surface area contributed by atoms with Crippen LogP contribution in [0.3, 0.4) is 0 Å². The highest BCUT2D eigenvalue weighted by Gasteiger charge is 2.44. The topological polar surface area (TPSA) is 149 Å². The van der Waals surface area contributed by atoms with Crippen molar-refractivity contribution in [1.82, 2.24) is 5.32 Å². The molecule has 0 saturated carbocycles. The molecule has 1 amide bonds. The third-order valence-electron chi connectivity index (χ3n) is 15.8. The van der Waals surface area contributed by atoms with Crippen molar-refractivity contribution in [2.24, 2.45) is 0 Å². The third-order valence-corrected chi connectivity index (χ3v) is 15.8. The number of rotatable bonds is 57. The van der Waals surface area contributed by atoms with Crippen LogP contribution in [-0.4, -0.2) is 87.5 Å². The van der Waals surface area contributed by atoms with Gasteiger partial charge < -0.3 is 40.3 Å². The van der Waals surface area contributed by atoms with Crippen molar-refractivity contribution in [3.63, 3.8) is 0 Å². The predicted molar refractivity (Wildman–Crippen MR) is 314 cm³/mol. The molecule has 0 aliphatic carbocycles. The lowest BCUT2D eigenvalue weighted by molar-refractivity contribution is -0.302. The van der Waals surface area contributed by atoms with Crippen LogP contribution in [0.1, 0.15) is 328 Å². The van der Waals surface area contributed by atoms with E-state index in [1.54, 1.807) is 0 Å². The molecule has 0 aromatic heterocycles. The van der Waals surface area contributed by atoms with E-state index in [-0.39, 0.29) is 12.5 Å². The van der Waals surface area contributed by atoms with Gasteiger partial charge in [-0.15, -0.1) is 0 Å². The van der Waals surface area contributed by atoms with Crippen LogP contribution in [0.25, 0.3) is 0 Å². The fourth-order valence-electron chi connectivity index (χ4n) is 10.7. The summed E-state index contributed by atoms with van der Waals surface area (Å²) in [7, 11) is 0. The third kappa shape index (κ3) is 43.6. The molecule has 74 heavy (non-hydrogen) atoms. The number of allylic oxidation sites excluding steroid dienone is 4. The number of hydrogen-bond donors (Lipinski definition) is 6. The van der Waals surface area contributed by atoms with Gasteiger partial charge in [-0.05, 0) is 44.9 Å². The van der Waals surface area contributed by atoms with Crippen LogP contribution in [0.5, 0.6) is 0 Å². The molecule has 1 rings (SSSR count). The number of aliphatic hydroxyl groups is 5. The van der Waals surface area contributed by atoms with E-state index in [2.05, 4.69) is 43.5 Å². The van der Waals surface area contributed by atoms with Crippen LogP contribution >= 0.6 is 0 Å². The highest BCUT2D eigenvalue weighted by molar-refractivity contribution is 5.76. The summed E-state index contributed by atoms with van der Waals surface area (Å²) in [5, 5.41) is 54.8. The Morgan fingerprint density at radius 3 is 1.16 bits per heavy atom. The van der Waals surface area contributed by atoms with Crippen molar-refractivity contribution in [2.75, 3.05) is 13.2 Å². The quantitative estimate of drug-likeness (QED) is 0.0261. The fraction of sp³-hybridized carbons (Fsp3) is 0.923. The standard InChI is InChI=1S/C65H125NO8/c1-3-5-7-9-11-13-15-17-19-21-23-25-27-28-29-30-31-32-33-35-37-39-41-43-45-47-49-51-53-55-61(69)66-58(57-73-65-64(72)63(71)62(70)60(56-67)74-65)59(68)54-52-50-48-46-44-42-40-38-36-34-26-24-22-20-18-16-14-12-10-8-6-4-2/h15,17,21,23,58-60,62-65,67-68,70-72H,3-14,16,18-20,22,24-57H2,1-2H3,(H,66,69)/b17-15-,23-21-. The van der Waals surface area contributed by atoms with Crippen molar-refractivity contribution < 1.29 is 39.8 Å². The molecule has 0 radical (unpaired) electrons. The van der Waals surface area contributed by atoms with Crippen molar-refractivity contribution in [2.45, 2.75) is 371 Å². The van der Waals surface area contributed by atoms with Crippen molar-refractivity contribution >= 4 is 5.91 Å². The lowest BCUT2D eigenvalue weighted by Gasteiger charge is -2.40. The molecule has 1 fully saturated rings. The first-order valence-corrected chi connectivity index (χ1v) is 32.5. The fourth-order valence-corrected chi connectivity index (χ4v) is 10.7. The number of carbonyl (C=O) groups is 1. The van der Waals surface area contributed by atoms with Gasteiger partial charge >= 0.3 is 0 Å². The van der Waals surface area contributed by atoms with Gasteiger partial charge in [0.15, 0.2) is 6.29 Å². The number of nitrogens with one attached hydrogen (secondary N) is 1. The molecule has 1 saturated heterocycles. The minimum atomic E-state index is -1.55. The van der Waals surface area contributed by atoms with Crippen molar-refractivity contribution in [3.05, 3.63) is 24.3 Å². The number of amides is 1. The summed E-state index contributed by atoms with van der Waals surface area (Å²) in [5.74, 6) is -0.138. The molecule has 6 N–H and O–H groups in total. The van der Waals surface area contributed by atoms with Crippen LogP contribution in [0.4, 0.5) is 0 Å². The SMILES string of the molecule is CCCCCCC/C=C\C/C=C\CCCCCCCCCCCCCCCCCCCC(=O)NC(COC1OC(CO)C(O)C(O)C1O)C(O)CCCCCCCCCCCCCCCCCCCCCCCC. The zero-order valence-electron chi connectivity index (χ0n) is 48.9. The smallest absolute Gasteiger partial charge is 0.220 e. The number of hydrogen-bond acceptors (Lipinski definition) is 8. The van der Waals surface area contributed by atoms with E-state index in [1.165, 1.54) is 257 Å². The molecule has 0 bridgehead atoms. The van der Waals surface area contributed by atoms with Gasteiger partial charge in [0.25, 0.3) is 0 Å². The van der Waals surface area contributed by atoms with Crippen LogP contribution in [0, 0.1) is 0 Å². The number of unbranched alkanes of at least 4 members (excludes halogenated alkanes) is 43. The Balaban J connectivity index is 2.13. The normalized spacial score (nSPS) is 19.0. The van der Waals surface area contributed by atoms with E-state index in [0.29, 0.717) is 12.8 Å². The summed E-state index contributed by atoms with van der Waals surface area (Å²) >= 11 is 0.